The van der Waals surface area contributed by atoms with Gasteiger partial charge in [-0.2, -0.15) is 0 Å². The van der Waals surface area contributed by atoms with Gasteiger partial charge in [0.05, 0.1) is 6.10 Å². The van der Waals surface area contributed by atoms with Crippen molar-refractivity contribution in [3.8, 4) is 0 Å². The van der Waals surface area contributed by atoms with Gasteiger partial charge in [-0.05, 0) is 6.92 Å². The second kappa shape index (κ2) is 5.69. The number of rotatable bonds is 5. The third-order valence-electron chi connectivity index (χ3n) is 1.96. The van der Waals surface area contributed by atoms with Crippen LogP contribution in [0.4, 0.5) is 0 Å². The van der Waals surface area contributed by atoms with Crippen molar-refractivity contribution < 1.29 is 9.09 Å². The number of hydrogen-bond acceptors (Lipinski definition) is 2. The first kappa shape index (κ1) is 12.8. The smallest absolute Gasteiger partial charge is 0.302 e. The van der Waals surface area contributed by atoms with Gasteiger partial charge in [-0.1, -0.05) is 0 Å². The molecule has 0 radical (unpaired) electrons. The van der Waals surface area contributed by atoms with Crippen LogP contribution < -0.4 is 5.09 Å². The molecular weight excluding hydrogens is 246 g/mol. The van der Waals surface area contributed by atoms with Gasteiger partial charge in [-0.3, -0.25) is 4.57 Å². The van der Waals surface area contributed by atoms with Crippen molar-refractivity contribution in [3.05, 3.63) is 0 Å². The van der Waals surface area contributed by atoms with Crippen LogP contribution in [0.1, 0.15) is 6.92 Å². The predicted octanol–water partition coefficient (Wildman–Crippen LogP) is 1.88. The Hall–Kier alpha value is 0.690. The molecular formula is C7H15Cl2N2O2P. The fourth-order valence-corrected chi connectivity index (χ4v) is 4.13. The Labute approximate surface area is 94.4 Å². The predicted molar refractivity (Wildman–Crippen MR) is 59.2 cm³/mol. The first-order chi connectivity index (χ1) is 6.62. The lowest BCUT2D eigenvalue weighted by atomic mass is 10.4. The maximum absolute atomic E-state index is 12.2. The van der Waals surface area contributed by atoms with Crippen LogP contribution in [0.15, 0.2) is 0 Å². The van der Waals surface area contributed by atoms with Crippen molar-refractivity contribution in [2.75, 3.05) is 31.4 Å². The molecule has 2 atom stereocenters. The molecule has 0 aromatic rings. The molecule has 0 spiro atoms. The summed E-state index contributed by atoms with van der Waals surface area (Å²) in [4.78, 5) is 0. The summed E-state index contributed by atoms with van der Waals surface area (Å²) in [5.41, 5.74) is 0. The number of alkyl halides is 2. The summed E-state index contributed by atoms with van der Waals surface area (Å²) >= 11 is 11.2. The van der Waals surface area contributed by atoms with Gasteiger partial charge in [-0.15, -0.1) is 23.2 Å². The highest BCUT2D eigenvalue weighted by Gasteiger charge is 2.38. The standard InChI is InChI=1S/C7H15Cl2N2O2P/c1-7-6-10-14(12,13-7)11(4-2-8)5-3-9/h7H,2-6H2,1H3,(H,10,12). The Bertz CT molecular complexity index is 224. The van der Waals surface area contributed by atoms with Crippen LogP contribution in [0.25, 0.3) is 0 Å². The lowest BCUT2D eigenvalue weighted by Crippen LogP contribution is -2.29. The third-order valence-corrected chi connectivity index (χ3v) is 4.67. The summed E-state index contributed by atoms with van der Waals surface area (Å²) in [5.74, 6) is 0.834. The maximum Gasteiger partial charge on any atom is 0.343 e. The zero-order chi connectivity index (χ0) is 10.6. The van der Waals surface area contributed by atoms with E-state index in [2.05, 4.69) is 5.09 Å². The van der Waals surface area contributed by atoms with Crippen LogP contribution in [-0.2, 0) is 9.09 Å². The fourth-order valence-electron chi connectivity index (χ4n) is 1.30. The van der Waals surface area contributed by atoms with E-state index >= 15 is 0 Å². The number of nitrogens with one attached hydrogen (secondary N) is 1. The minimum atomic E-state index is -2.85. The zero-order valence-electron chi connectivity index (χ0n) is 8.08. The van der Waals surface area contributed by atoms with Crippen molar-refractivity contribution in [2.24, 2.45) is 0 Å². The minimum absolute atomic E-state index is 0.0195. The molecule has 4 nitrogen and oxygen atoms in total. The monoisotopic (exact) mass is 260 g/mol. The van der Waals surface area contributed by atoms with E-state index in [1.165, 1.54) is 0 Å². The van der Waals surface area contributed by atoms with Crippen LogP contribution in [0.2, 0.25) is 0 Å². The molecule has 1 saturated heterocycles. The molecule has 14 heavy (non-hydrogen) atoms. The maximum atomic E-state index is 12.2. The highest BCUT2D eigenvalue weighted by atomic mass is 35.5. The molecule has 0 aromatic heterocycles. The second-order valence-corrected chi connectivity index (χ2v) is 6.02. The van der Waals surface area contributed by atoms with E-state index in [1.54, 1.807) is 4.67 Å². The van der Waals surface area contributed by atoms with E-state index in [0.717, 1.165) is 0 Å². The molecule has 0 aromatic carbocycles. The third kappa shape index (κ3) is 3.09. The van der Waals surface area contributed by atoms with Gasteiger partial charge in [0.2, 0.25) is 0 Å². The largest absolute Gasteiger partial charge is 0.343 e. The van der Waals surface area contributed by atoms with Crippen LogP contribution in [-0.4, -0.2) is 42.2 Å². The summed E-state index contributed by atoms with van der Waals surface area (Å²) in [6, 6.07) is 0. The highest BCUT2D eigenvalue weighted by molar-refractivity contribution is 7.54. The first-order valence-electron chi connectivity index (χ1n) is 4.53. The summed E-state index contributed by atoms with van der Waals surface area (Å²) in [6.45, 7) is 3.53. The number of nitrogens with zero attached hydrogens (tertiary/aromatic N) is 1. The lowest BCUT2D eigenvalue weighted by molar-refractivity contribution is 0.236. The highest BCUT2D eigenvalue weighted by Crippen LogP contribution is 2.50. The Morgan fingerprint density at radius 3 is 2.43 bits per heavy atom. The molecule has 1 aliphatic rings. The van der Waals surface area contributed by atoms with E-state index in [-0.39, 0.29) is 6.10 Å². The zero-order valence-corrected chi connectivity index (χ0v) is 10.5. The molecule has 1 heterocycles. The fraction of sp³-hybridized carbons (Fsp3) is 1.00. The van der Waals surface area contributed by atoms with Gasteiger partial charge in [0.25, 0.3) is 0 Å². The summed E-state index contributed by atoms with van der Waals surface area (Å²) in [6.07, 6.45) is -0.0195. The topological polar surface area (TPSA) is 41.6 Å². The Morgan fingerprint density at radius 2 is 2.07 bits per heavy atom. The molecule has 0 aliphatic carbocycles. The second-order valence-electron chi connectivity index (χ2n) is 3.13. The molecule has 1 rings (SSSR count). The van der Waals surface area contributed by atoms with E-state index in [0.29, 0.717) is 31.4 Å². The quantitative estimate of drug-likeness (QED) is 0.606. The molecule has 84 valence electrons. The molecule has 0 bridgehead atoms. The average Bonchev–Trinajstić information content (AvgIpc) is 2.47. The van der Waals surface area contributed by atoms with Crippen molar-refractivity contribution in [2.45, 2.75) is 13.0 Å². The van der Waals surface area contributed by atoms with E-state index in [1.807, 2.05) is 6.92 Å². The Morgan fingerprint density at radius 1 is 1.50 bits per heavy atom. The van der Waals surface area contributed by atoms with Crippen molar-refractivity contribution >= 4 is 30.9 Å². The summed E-state index contributed by atoms with van der Waals surface area (Å²) < 4.78 is 19.2. The van der Waals surface area contributed by atoms with E-state index < -0.39 is 7.67 Å². The lowest BCUT2D eigenvalue weighted by Gasteiger charge is -2.25. The SMILES string of the molecule is CC1CNP(=O)(N(CCCl)CCCl)O1. The Balaban J connectivity index is 2.61. The average molecular weight is 261 g/mol. The van der Waals surface area contributed by atoms with Gasteiger partial charge < -0.3 is 4.52 Å². The van der Waals surface area contributed by atoms with Gasteiger partial charge in [0.1, 0.15) is 0 Å². The Kier molecular flexibility index (Phi) is 5.18. The van der Waals surface area contributed by atoms with Crippen molar-refractivity contribution in [3.63, 3.8) is 0 Å². The molecule has 0 amide bonds. The van der Waals surface area contributed by atoms with Gasteiger partial charge >= 0.3 is 7.67 Å². The molecule has 1 N–H and O–H groups in total. The molecule has 1 aliphatic heterocycles. The normalized spacial score (nSPS) is 32.7. The van der Waals surface area contributed by atoms with Gasteiger partial charge in [0.15, 0.2) is 0 Å². The first-order valence-corrected chi connectivity index (χ1v) is 7.18. The van der Waals surface area contributed by atoms with E-state index in [9.17, 15) is 4.57 Å². The van der Waals surface area contributed by atoms with Crippen molar-refractivity contribution in [1.29, 1.82) is 0 Å². The van der Waals surface area contributed by atoms with Crippen molar-refractivity contribution in [1.82, 2.24) is 9.76 Å². The molecule has 2 unspecified atom stereocenters. The van der Waals surface area contributed by atoms with Crippen LogP contribution in [0.3, 0.4) is 0 Å². The van der Waals surface area contributed by atoms with Crippen LogP contribution in [0.5, 0.6) is 0 Å². The molecule has 1 fully saturated rings. The summed E-state index contributed by atoms with van der Waals surface area (Å²) in [7, 11) is -2.85. The van der Waals surface area contributed by atoms with Gasteiger partial charge in [-0.25, -0.2) is 9.76 Å². The van der Waals surface area contributed by atoms with Crippen LogP contribution >= 0.6 is 30.9 Å². The molecule has 0 saturated carbocycles. The molecule has 7 heteroatoms. The van der Waals surface area contributed by atoms with E-state index in [4.69, 9.17) is 27.7 Å². The van der Waals surface area contributed by atoms with Crippen LogP contribution in [0, 0.1) is 0 Å². The van der Waals surface area contributed by atoms with Gasteiger partial charge in [0, 0.05) is 31.4 Å². The number of halogens is 2. The summed E-state index contributed by atoms with van der Waals surface area (Å²) in [5, 5.41) is 2.89. The number of hydrogen-bond donors (Lipinski definition) is 1. The minimum Gasteiger partial charge on any atom is -0.302 e.